The van der Waals surface area contributed by atoms with E-state index in [0.29, 0.717) is 11.5 Å². The van der Waals surface area contributed by atoms with Gasteiger partial charge in [0.2, 0.25) is 0 Å². The molecule has 2 unspecified atom stereocenters. The van der Waals surface area contributed by atoms with Gasteiger partial charge in [0, 0.05) is 24.8 Å². The van der Waals surface area contributed by atoms with Crippen LogP contribution in [0.3, 0.4) is 0 Å². The van der Waals surface area contributed by atoms with Crippen molar-refractivity contribution >= 4 is 29.7 Å². The summed E-state index contributed by atoms with van der Waals surface area (Å²) < 4.78 is 5.19. The summed E-state index contributed by atoms with van der Waals surface area (Å²) in [7, 11) is 1.64. The minimum atomic E-state index is 0. The van der Waals surface area contributed by atoms with Gasteiger partial charge < -0.3 is 20.7 Å². The maximum absolute atomic E-state index is 13.1. The molecule has 1 amide bonds. The van der Waals surface area contributed by atoms with Gasteiger partial charge >= 0.3 is 0 Å². The predicted octanol–water partition coefficient (Wildman–Crippen LogP) is 4.06. The number of benzene rings is 2. The molecule has 6 heteroatoms. The molecular weight excluding hydrogens is 362 g/mol. The molecule has 2 atom stereocenters. The summed E-state index contributed by atoms with van der Waals surface area (Å²) >= 11 is 0. The van der Waals surface area contributed by atoms with Crippen LogP contribution < -0.4 is 15.8 Å². The van der Waals surface area contributed by atoms with Gasteiger partial charge in [0.15, 0.2) is 0 Å². The molecule has 1 aliphatic rings. The number of nitrogens with zero attached hydrogens (tertiary/aromatic N) is 1. The second-order valence-electron chi connectivity index (χ2n) is 6.91. The number of carbonyl (C=O) groups excluding carboxylic acids is 1. The smallest absolute Gasteiger partial charge is 0.255 e. The Bertz CT molecular complexity index is 749. The van der Waals surface area contributed by atoms with E-state index in [1.807, 2.05) is 60.4 Å². The fraction of sp³-hybridized carbons (Fsp3) is 0.381. The molecule has 3 rings (SSSR count). The van der Waals surface area contributed by atoms with Gasteiger partial charge in [0.25, 0.3) is 5.91 Å². The van der Waals surface area contributed by atoms with Crippen LogP contribution in [-0.2, 0) is 0 Å². The first-order valence-corrected chi connectivity index (χ1v) is 9.13. The topological polar surface area (TPSA) is 67.6 Å². The molecule has 0 aliphatic carbocycles. The van der Waals surface area contributed by atoms with E-state index in [-0.39, 0.29) is 24.4 Å². The number of hydrogen-bond acceptors (Lipinski definition) is 4. The van der Waals surface area contributed by atoms with Crippen LogP contribution in [0.1, 0.15) is 30.1 Å². The lowest BCUT2D eigenvalue weighted by Gasteiger charge is -2.35. The summed E-state index contributed by atoms with van der Waals surface area (Å²) in [5.41, 5.74) is 8.48. The van der Waals surface area contributed by atoms with Crippen LogP contribution in [-0.4, -0.2) is 37.0 Å². The highest BCUT2D eigenvalue weighted by molar-refractivity contribution is 6.00. The number of carbonyl (C=O) groups is 1. The van der Waals surface area contributed by atoms with Crippen molar-refractivity contribution in [3.05, 3.63) is 54.1 Å². The van der Waals surface area contributed by atoms with E-state index < -0.39 is 0 Å². The third kappa shape index (κ3) is 5.15. The number of anilines is 2. The van der Waals surface area contributed by atoms with E-state index in [1.165, 1.54) is 0 Å². The van der Waals surface area contributed by atoms with Crippen LogP contribution in [0.2, 0.25) is 0 Å². The molecule has 0 radical (unpaired) electrons. The number of rotatable bonds is 5. The van der Waals surface area contributed by atoms with Crippen molar-refractivity contribution in [3.63, 3.8) is 0 Å². The van der Waals surface area contributed by atoms with E-state index in [9.17, 15) is 4.79 Å². The predicted molar refractivity (Wildman–Crippen MR) is 112 cm³/mol. The van der Waals surface area contributed by atoms with Gasteiger partial charge in [-0.1, -0.05) is 12.1 Å². The maximum Gasteiger partial charge on any atom is 0.255 e. The average molecular weight is 390 g/mol. The highest BCUT2D eigenvalue weighted by atomic mass is 35.5. The molecule has 27 heavy (non-hydrogen) atoms. The number of ether oxygens (including phenoxy) is 1. The van der Waals surface area contributed by atoms with Gasteiger partial charge in [-0.25, -0.2) is 0 Å². The Balaban J connectivity index is 0.00000261. The average Bonchev–Trinajstić information content (AvgIpc) is 2.68. The first-order chi connectivity index (χ1) is 12.6. The largest absolute Gasteiger partial charge is 0.497 e. The lowest BCUT2D eigenvalue weighted by Crippen LogP contribution is -2.45. The van der Waals surface area contributed by atoms with E-state index in [1.54, 1.807) is 7.11 Å². The van der Waals surface area contributed by atoms with Crippen molar-refractivity contribution in [1.82, 2.24) is 4.90 Å². The molecule has 0 saturated carbocycles. The monoisotopic (exact) mass is 389 g/mol. The summed E-state index contributed by atoms with van der Waals surface area (Å²) in [5.74, 6) is 1.23. The van der Waals surface area contributed by atoms with Crippen LogP contribution in [0.25, 0.3) is 0 Å². The highest BCUT2D eigenvalue weighted by Gasteiger charge is 2.27. The molecule has 2 aromatic carbocycles. The second kappa shape index (κ2) is 9.62. The zero-order valence-corrected chi connectivity index (χ0v) is 16.7. The van der Waals surface area contributed by atoms with Gasteiger partial charge in [0.05, 0.1) is 18.4 Å². The molecule has 0 spiro atoms. The Labute approximate surface area is 167 Å². The van der Waals surface area contributed by atoms with Crippen molar-refractivity contribution in [3.8, 4) is 5.75 Å². The number of piperidine rings is 1. The number of para-hydroxylation sites is 1. The Kier molecular flexibility index (Phi) is 7.51. The van der Waals surface area contributed by atoms with Crippen LogP contribution in [0.15, 0.2) is 48.5 Å². The van der Waals surface area contributed by atoms with Crippen molar-refractivity contribution in [2.45, 2.75) is 25.8 Å². The molecule has 3 N–H and O–H groups in total. The number of nitrogens with two attached hydrogens (primary N) is 1. The standard InChI is InChI=1S/C21H27N3O2.ClH/c1-15(22)16-6-5-13-24(14-16)21(25)19-7-3-4-8-20(19)23-17-9-11-18(26-2)12-10-17;/h3-4,7-12,15-16,23H,5-6,13-14,22H2,1-2H3;1H. The van der Waals surface area contributed by atoms with E-state index >= 15 is 0 Å². The van der Waals surface area contributed by atoms with Gasteiger partial charge in [-0.15, -0.1) is 12.4 Å². The zero-order chi connectivity index (χ0) is 18.5. The van der Waals surface area contributed by atoms with Crippen LogP contribution in [0, 0.1) is 5.92 Å². The number of halogens is 1. The molecule has 2 aromatic rings. The van der Waals surface area contributed by atoms with Gasteiger partial charge in [-0.05, 0) is 62.1 Å². The third-order valence-corrected chi connectivity index (χ3v) is 5.02. The molecule has 1 fully saturated rings. The van der Waals surface area contributed by atoms with Crippen molar-refractivity contribution in [2.24, 2.45) is 11.7 Å². The number of likely N-dealkylation sites (tertiary alicyclic amines) is 1. The summed E-state index contributed by atoms with van der Waals surface area (Å²) in [6.45, 7) is 3.55. The summed E-state index contributed by atoms with van der Waals surface area (Å²) in [4.78, 5) is 15.0. The quantitative estimate of drug-likeness (QED) is 0.809. The lowest BCUT2D eigenvalue weighted by atomic mass is 9.91. The van der Waals surface area contributed by atoms with E-state index in [4.69, 9.17) is 10.5 Å². The summed E-state index contributed by atoms with van der Waals surface area (Å²) in [6.07, 6.45) is 2.10. The molecule has 5 nitrogen and oxygen atoms in total. The lowest BCUT2D eigenvalue weighted by molar-refractivity contribution is 0.0662. The number of hydrogen-bond donors (Lipinski definition) is 2. The number of amides is 1. The number of nitrogens with one attached hydrogen (secondary N) is 1. The molecule has 0 aromatic heterocycles. The minimum absolute atomic E-state index is 0. The van der Waals surface area contributed by atoms with Crippen molar-refractivity contribution in [2.75, 3.05) is 25.5 Å². The first kappa shape index (κ1) is 21.1. The fourth-order valence-electron chi connectivity index (χ4n) is 3.40. The Morgan fingerprint density at radius 3 is 2.59 bits per heavy atom. The Morgan fingerprint density at radius 2 is 1.93 bits per heavy atom. The maximum atomic E-state index is 13.1. The molecular formula is C21H28ClN3O2. The Hall–Kier alpha value is -2.24. The van der Waals surface area contributed by atoms with E-state index in [2.05, 4.69) is 5.32 Å². The van der Waals surface area contributed by atoms with Gasteiger partial charge in [0.1, 0.15) is 5.75 Å². The molecule has 1 heterocycles. The molecule has 1 saturated heterocycles. The third-order valence-electron chi connectivity index (χ3n) is 5.02. The van der Waals surface area contributed by atoms with Gasteiger partial charge in [-0.3, -0.25) is 4.79 Å². The van der Waals surface area contributed by atoms with Crippen molar-refractivity contribution in [1.29, 1.82) is 0 Å². The van der Waals surface area contributed by atoms with Crippen molar-refractivity contribution < 1.29 is 9.53 Å². The SMILES string of the molecule is COc1ccc(Nc2ccccc2C(=O)N2CCCC(C(C)N)C2)cc1.Cl. The first-order valence-electron chi connectivity index (χ1n) is 9.13. The molecule has 1 aliphatic heterocycles. The van der Waals surface area contributed by atoms with Crippen LogP contribution >= 0.6 is 12.4 Å². The van der Waals surface area contributed by atoms with Crippen LogP contribution in [0.4, 0.5) is 11.4 Å². The zero-order valence-electron chi connectivity index (χ0n) is 15.9. The Morgan fingerprint density at radius 1 is 1.22 bits per heavy atom. The number of methoxy groups -OCH3 is 1. The van der Waals surface area contributed by atoms with Crippen LogP contribution in [0.5, 0.6) is 5.75 Å². The molecule has 146 valence electrons. The normalized spacial score (nSPS) is 17.6. The summed E-state index contributed by atoms with van der Waals surface area (Å²) in [5, 5.41) is 3.35. The molecule has 0 bridgehead atoms. The van der Waals surface area contributed by atoms with Gasteiger partial charge in [-0.2, -0.15) is 0 Å². The van der Waals surface area contributed by atoms with E-state index in [0.717, 1.165) is 43.1 Å². The summed E-state index contributed by atoms with van der Waals surface area (Å²) in [6, 6.07) is 15.4. The fourth-order valence-corrected chi connectivity index (χ4v) is 3.40. The second-order valence-corrected chi connectivity index (χ2v) is 6.91. The minimum Gasteiger partial charge on any atom is -0.497 e. The highest BCUT2D eigenvalue weighted by Crippen LogP contribution is 2.26.